The largest absolute Gasteiger partial charge is 0.298 e. The van der Waals surface area contributed by atoms with Crippen molar-refractivity contribution in [3.8, 4) is 0 Å². The van der Waals surface area contributed by atoms with Crippen molar-refractivity contribution in [3.63, 3.8) is 0 Å². The van der Waals surface area contributed by atoms with Crippen LogP contribution in [0.5, 0.6) is 0 Å². The number of nitrogens with zero attached hydrogens (tertiary/aromatic N) is 1. The van der Waals surface area contributed by atoms with E-state index in [1.807, 2.05) is 36.4 Å². The van der Waals surface area contributed by atoms with E-state index in [0.717, 1.165) is 16.0 Å². The molecule has 3 rings (SSSR count). The van der Waals surface area contributed by atoms with Gasteiger partial charge in [0.15, 0.2) is 5.13 Å². The zero-order chi connectivity index (χ0) is 17.6. The van der Waals surface area contributed by atoms with Crippen molar-refractivity contribution in [2.75, 3.05) is 5.32 Å². The van der Waals surface area contributed by atoms with Crippen molar-refractivity contribution < 1.29 is 9.18 Å². The van der Waals surface area contributed by atoms with Gasteiger partial charge in [-0.3, -0.25) is 10.1 Å². The highest BCUT2D eigenvalue weighted by atomic mass is 32.1. The van der Waals surface area contributed by atoms with E-state index >= 15 is 0 Å². The van der Waals surface area contributed by atoms with Crippen LogP contribution < -0.4 is 5.32 Å². The summed E-state index contributed by atoms with van der Waals surface area (Å²) in [5.74, 6) is -0.423. The van der Waals surface area contributed by atoms with Gasteiger partial charge in [-0.2, -0.15) is 0 Å². The lowest BCUT2D eigenvalue weighted by Crippen LogP contribution is -2.12. The lowest BCUT2D eigenvalue weighted by Gasteiger charge is -2.02. The Bertz CT molecular complexity index is 886. The number of aromatic nitrogens is 1. The van der Waals surface area contributed by atoms with E-state index in [9.17, 15) is 9.18 Å². The molecule has 1 amide bonds. The van der Waals surface area contributed by atoms with Crippen LogP contribution in [0.15, 0.2) is 66.4 Å². The summed E-state index contributed by atoms with van der Waals surface area (Å²) in [6, 6.07) is 16.1. The number of carbonyl (C=O) groups is 1. The predicted octanol–water partition coefficient (Wildman–Crippen LogP) is 4.92. The van der Waals surface area contributed by atoms with E-state index in [2.05, 4.69) is 10.3 Å². The number of anilines is 1. The van der Waals surface area contributed by atoms with Crippen LogP contribution in [-0.2, 0) is 11.2 Å². The maximum absolute atomic E-state index is 12.9. The molecule has 0 aliphatic carbocycles. The third-order valence-electron chi connectivity index (χ3n) is 3.61. The van der Waals surface area contributed by atoms with E-state index in [1.54, 1.807) is 25.3 Å². The van der Waals surface area contributed by atoms with Crippen LogP contribution in [-0.4, -0.2) is 10.9 Å². The van der Waals surface area contributed by atoms with Crippen molar-refractivity contribution in [1.82, 2.24) is 4.98 Å². The van der Waals surface area contributed by atoms with Gasteiger partial charge in [-0.25, -0.2) is 9.37 Å². The Kier molecular flexibility index (Phi) is 5.36. The Balaban J connectivity index is 1.63. The van der Waals surface area contributed by atoms with E-state index in [1.165, 1.54) is 23.5 Å². The fourth-order valence-electron chi connectivity index (χ4n) is 2.31. The smallest absolute Gasteiger partial charge is 0.253 e. The molecule has 1 N–H and O–H groups in total. The van der Waals surface area contributed by atoms with Gasteiger partial charge in [0.05, 0.1) is 0 Å². The summed E-state index contributed by atoms with van der Waals surface area (Å²) < 4.78 is 12.9. The van der Waals surface area contributed by atoms with E-state index in [0.29, 0.717) is 17.1 Å². The quantitative estimate of drug-likeness (QED) is 0.663. The molecule has 1 aromatic heterocycles. The fourth-order valence-corrected chi connectivity index (χ4v) is 3.15. The molecule has 1 heterocycles. The molecule has 0 radical (unpaired) electrons. The highest BCUT2D eigenvalue weighted by molar-refractivity contribution is 7.15. The van der Waals surface area contributed by atoms with Gasteiger partial charge in [0.25, 0.3) is 5.91 Å². The van der Waals surface area contributed by atoms with Crippen molar-refractivity contribution >= 4 is 28.5 Å². The minimum absolute atomic E-state index is 0.175. The second kappa shape index (κ2) is 7.85. The summed E-state index contributed by atoms with van der Waals surface area (Å²) in [4.78, 5) is 17.5. The summed E-state index contributed by atoms with van der Waals surface area (Å²) in [6.07, 6.45) is 4.23. The normalized spacial score (nSPS) is 11.4. The van der Waals surface area contributed by atoms with E-state index in [4.69, 9.17) is 0 Å². The molecule has 0 aliphatic rings. The molecule has 3 aromatic rings. The SMILES string of the molecule is C/C(=C\c1ccccc1)C(=O)Nc1ncc(Cc2ccc(F)cc2)s1. The summed E-state index contributed by atoms with van der Waals surface area (Å²) in [5.41, 5.74) is 2.59. The summed E-state index contributed by atoms with van der Waals surface area (Å²) in [7, 11) is 0. The zero-order valence-electron chi connectivity index (χ0n) is 13.7. The van der Waals surface area contributed by atoms with Crippen LogP contribution in [0.3, 0.4) is 0 Å². The number of amides is 1. The first kappa shape index (κ1) is 17.0. The van der Waals surface area contributed by atoms with Crippen molar-refractivity contribution in [3.05, 3.63) is 88.2 Å². The number of hydrogen-bond acceptors (Lipinski definition) is 3. The van der Waals surface area contributed by atoms with Gasteiger partial charge in [0.1, 0.15) is 5.82 Å². The zero-order valence-corrected chi connectivity index (χ0v) is 14.5. The molecule has 2 aromatic carbocycles. The second-order valence-electron chi connectivity index (χ2n) is 5.63. The molecule has 0 saturated carbocycles. The van der Waals surface area contributed by atoms with Crippen LogP contribution in [0.1, 0.15) is 22.9 Å². The van der Waals surface area contributed by atoms with Gasteiger partial charge in [-0.1, -0.05) is 42.5 Å². The number of rotatable bonds is 5. The molecule has 5 heteroatoms. The molecule has 25 heavy (non-hydrogen) atoms. The molecule has 0 fully saturated rings. The van der Waals surface area contributed by atoms with Gasteiger partial charge < -0.3 is 0 Å². The second-order valence-corrected chi connectivity index (χ2v) is 6.74. The van der Waals surface area contributed by atoms with Gasteiger partial charge in [-0.05, 0) is 36.3 Å². The standard InChI is InChI=1S/C20H17FN2OS/c1-14(11-15-5-3-2-4-6-15)19(24)23-20-22-13-18(25-20)12-16-7-9-17(21)10-8-16/h2-11,13H,12H2,1H3,(H,22,23,24)/b14-11+. The predicted molar refractivity (Wildman–Crippen MR) is 100 cm³/mol. The summed E-state index contributed by atoms with van der Waals surface area (Å²) >= 11 is 1.42. The Morgan fingerprint density at radius 1 is 1.16 bits per heavy atom. The number of benzene rings is 2. The number of halogens is 1. The maximum Gasteiger partial charge on any atom is 0.253 e. The fraction of sp³-hybridized carbons (Fsp3) is 0.100. The Morgan fingerprint density at radius 2 is 1.88 bits per heavy atom. The van der Waals surface area contributed by atoms with Crippen LogP contribution >= 0.6 is 11.3 Å². The van der Waals surface area contributed by atoms with Crippen molar-refractivity contribution in [1.29, 1.82) is 0 Å². The lowest BCUT2D eigenvalue weighted by molar-refractivity contribution is -0.112. The maximum atomic E-state index is 12.9. The number of hydrogen-bond donors (Lipinski definition) is 1. The first-order valence-corrected chi connectivity index (χ1v) is 8.65. The van der Waals surface area contributed by atoms with Crippen LogP contribution in [0.2, 0.25) is 0 Å². The number of carbonyl (C=O) groups excluding carboxylic acids is 1. The molecular weight excluding hydrogens is 335 g/mol. The van der Waals surface area contributed by atoms with Gasteiger partial charge in [-0.15, -0.1) is 11.3 Å². The van der Waals surface area contributed by atoms with Crippen LogP contribution in [0.25, 0.3) is 6.08 Å². The minimum Gasteiger partial charge on any atom is -0.298 e. The first-order valence-electron chi connectivity index (χ1n) is 7.84. The van der Waals surface area contributed by atoms with Crippen molar-refractivity contribution in [2.45, 2.75) is 13.3 Å². The van der Waals surface area contributed by atoms with Gasteiger partial charge >= 0.3 is 0 Å². The minimum atomic E-state index is -0.248. The molecule has 0 unspecified atom stereocenters. The molecule has 126 valence electrons. The van der Waals surface area contributed by atoms with Crippen LogP contribution in [0, 0.1) is 5.82 Å². The number of nitrogens with one attached hydrogen (secondary N) is 1. The van der Waals surface area contributed by atoms with Crippen LogP contribution in [0.4, 0.5) is 9.52 Å². The van der Waals surface area contributed by atoms with Crippen molar-refractivity contribution in [2.24, 2.45) is 0 Å². The Hall–Kier alpha value is -2.79. The van der Waals surface area contributed by atoms with Gasteiger partial charge in [0.2, 0.25) is 0 Å². The summed E-state index contributed by atoms with van der Waals surface area (Å²) in [5, 5.41) is 3.38. The summed E-state index contributed by atoms with van der Waals surface area (Å²) in [6.45, 7) is 1.77. The molecule has 0 atom stereocenters. The first-order chi connectivity index (χ1) is 12.1. The molecule has 0 spiro atoms. The average molecular weight is 352 g/mol. The number of thiazole rings is 1. The Labute approximate surface area is 149 Å². The highest BCUT2D eigenvalue weighted by Gasteiger charge is 2.09. The van der Waals surface area contributed by atoms with E-state index in [-0.39, 0.29) is 11.7 Å². The Morgan fingerprint density at radius 3 is 2.60 bits per heavy atom. The third-order valence-corrected chi connectivity index (χ3v) is 4.52. The van der Waals surface area contributed by atoms with Gasteiger partial charge in [0, 0.05) is 23.1 Å². The molecule has 3 nitrogen and oxygen atoms in total. The molecule has 0 saturated heterocycles. The van der Waals surface area contributed by atoms with E-state index < -0.39 is 0 Å². The monoisotopic (exact) mass is 352 g/mol. The highest BCUT2D eigenvalue weighted by Crippen LogP contribution is 2.22. The average Bonchev–Trinajstić information content (AvgIpc) is 3.04. The third kappa shape index (κ3) is 4.84. The topological polar surface area (TPSA) is 42.0 Å². The molecular formula is C20H17FN2OS. The molecule has 0 bridgehead atoms. The molecule has 0 aliphatic heterocycles. The lowest BCUT2D eigenvalue weighted by atomic mass is 10.1.